The van der Waals surface area contributed by atoms with Crippen molar-refractivity contribution in [3.05, 3.63) is 29.3 Å². The van der Waals surface area contributed by atoms with Gasteiger partial charge in [-0.2, -0.15) is 0 Å². The highest BCUT2D eigenvalue weighted by atomic mass is 16.5. The summed E-state index contributed by atoms with van der Waals surface area (Å²) in [6.45, 7) is 5.30. The molecule has 120 valence electrons. The summed E-state index contributed by atoms with van der Waals surface area (Å²) in [5.41, 5.74) is 2.56. The van der Waals surface area contributed by atoms with Crippen LogP contribution in [0.3, 0.4) is 0 Å². The van der Waals surface area contributed by atoms with E-state index in [9.17, 15) is 0 Å². The highest BCUT2D eigenvalue weighted by Crippen LogP contribution is 2.24. The zero-order chi connectivity index (χ0) is 15.8. The van der Waals surface area contributed by atoms with Gasteiger partial charge in [0, 0.05) is 18.2 Å². The molecule has 1 N–H and O–H groups in total. The second kappa shape index (κ2) is 9.03. The van der Waals surface area contributed by atoms with Crippen LogP contribution in [-0.4, -0.2) is 58.2 Å². The third kappa shape index (κ3) is 6.04. The van der Waals surface area contributed by atoms with Crippen molar-refractivity contribution in [3.8, 4) is 5.75 Å². The Morgan fingerprint density at radius 2 is 1.90 bits per heavy atom. The van der Waals surface area contributed by atoms with Gasteiger partial charge in [-0.1, -0.05) is 6.07 Å². The van der Waals surface area contributed by atoms with Gasteiger partial charge in [0.05, 0.1) is 7.11 Å². The molecule has 0 heterocycles. The lowest BCUT2D eigenvalue weighted by Crippen LogP contribution is -2.24. The smallest absolute Gasteiger partial charge is 0.123 e. The lowest BCUT2D eigenvalue weighted by atomic mass is 10.0. The molecule has 0 aliphatic carbocycles. The van der Waals surface area contributed by atoms with Gasteiger partial charge in [-0.05, 0) is 72.3 Å². The normalized spacial score (nSPS) is 13.0. The average Bonchev–Trinajstić information content (AvgIpc) is 2.45. The maximum atomic E-state index is 5.50. The third-order valence-corrected chi connectivity index (χ3v) is 3.82. The molecule has 21 heavy (non-hydrogen) atoms. The fraction of sp³-hybridized carbons (Fsp3) is 0.647. The van der Waals surface area contributed by atoms with Crippen molar-refractivity contribution in [2.75, 3.05) is 48.4 Å². The fourth-order valence-electron chi connectivity index (χ4n) is 2.38. The highest BCUT2D eigenvalue weighted by Gasteiger charge is 2.10. The van der Waals surface area contributed by atoms with Crippen LogP contribution in [0.25, 0.3) is 0 Å². The number of benzene rings is 1. The zero-order valence-corrected chi connectivity index (χ0v) is 14.4. The van der Waals surface area contributed by atoms with Gasteiger partial charge in [0.2, 0.25) is 0 Å². The summed E-state index contributed by atoms with van der Waals surface area (Å²) in [5, 5.41) is 3.29. The van der Waals surface area contributed by atoms with Crippen molar-refractivity contribution >= 4 is 0 Å². The number of methoxy groups -OCH3 is 1. The molecule has 4 heteroatoms. The highest BCUT2D eigenvalue weighted by molar-refractivity contribution is 5.38. The molecular formula is C17H31N3O. The van der Waals surface area contributed by atoms with E-state index < -0.39 is 0 Å². The van der Waals surface area contributed by atoms with E-state index in [1.54, 1.807) is 7.11 Å². The summed E-state index contributed by atoms with van der Waals surface area (Å²) in [7, 11) is 10.1. The van der Waals surface area contributed by atoms with Gasteiger partial charge in [-0.15, -0.1) is 0 Å². The lowest BCUT2D eigenvalue weighted by molar-refractivity contribution is 0.289. The van der Waals surface area contributed by atoms with E-state index >= 15 is 0 Å². The van der Waals surface area contributed by atoms with Crippen LogP contribution in [0.1, 0.15) is 30.5 Å². The van der Waals surface area contributed by atoms with Crippen molar-refractivity contribution in [3.63, 3.8) is 0 Å². The first-order chi connectivity index (χ1) is 9.97. The molecule has 0 radical (unpaired) electrons. The number of hydrogen-bond donors (Lipinski definition) is 1. The van der Waals surface area contributed by atoms with E-state index in [-0.39, 0.29) is 0 Å². The summed E-state index contributed by atoms with van der Waals surface area (Å²) < 4.78 is 5.50. The topological polar surface area (TPSA) is 27.7 Å². The largest absolute Gasteiger partial charge is 0.496 e. The molecule has 0 bridgehead atoms. The van der Waals surface area contributed by atoms with E-state index in [1.165, 1.54) is 17.5 Å². The molecule has 0 aliphatic rings. The number of nitrogens with one attached hydrogen (secondary N) is 1. The standard InChI is InChI=1S/C17H31N3O/c1-14(18-2)15-8-9-17(21-6)16(12-15)13-20(5)11-7-10-19(3)4/h8-9,12,14,18H,7,10-11,13H2,1-6H3. The molecule has 1 unspecified atom stereocenters. The Morgan fingerprint density at radius 1 is 1.19 bits per heavy atom. The monoisotopic (exact) mass is 293 g/mol. The fourth-order valence-corrected chi connectivity index (χ4v) is 2.38. The summed E-state index contributed by atoms with van der Waals surface area (Å²) in [6, 6.07) is 6.82. The first-order valence-electron chi connectivity index (χ1n) is 7.65. The molecule has 1 atom stereocenters. The van der Waals surface area contributed by atoms with E-state index in [1.807, 2.05) is 7.05 Å². The van der Waals surface area contributed by atoms with Crippen LogP contribution >= 0.6 is 0 Å². The van der Waals surface area contributed by atoms with Crippen molar-refractivity contribution in [2.24, 2.45) is 0 Å². The molecule has 0 spiro atoms. The van der Waals surface area contributed by atoms with E-state index in [0.29, 0.717) is 6.04 Å². The first-order valence-corrected chi connectivity index (χ1v) is 7.65. The van der Waals surface area contributed by atoms with Gasteiger partial charge in [0.1, 0.15) is 5.75 Å². The average molecular weight is 293 g/mol. The van der Waals surface area contributed by atoms with Crippen LogP contribution in [0.5, 0.6) is 5.75 Å². The Hall–Kier alpha value is -1.10. The lowest BCUT2D eigenvalue weighted by Gasteiger charge is -2.21. The SMILES string of the molecule is CNC(C)c1ccc(OC)c(CN(C)CCCN(C)C)c1. The van der Waals surface area contributed by atoms with E-state index in [2.05, 4.69) is 61.4 Å². The predicted octanol–water partition coefficient (Wildman–Crippen LogP) is 2.36. The molecule has 0 saturated heterocycles. The Bertz CT molecular complexity index is 420. The van der Waals surface area contributed by atoms with Crippen LogP contribution in [0.4, 0.5) is 0 Å². The van der Waals surface area contributed by atoms with Gasteiger partial charge in [-0.3, -0.25) is 0 Å². The molecule has 0 aromatic heterocycles. The molecule has 1 rings (SSSR count). The summed E-state index contributed by atoms with van der Waals surface area (Å²) in [5.74, 6) is 0.974. The zero-order valence-electron chi connectivity index (χ0n) is 14.4. The molecule has 0 aliphatic heterocycles. The first kappa shape index (κ1) is 18.0. The Labute approximate surface area is 130 Å². The number of rotatable bonds is 9. The maximum absolute atomic E-state index is 5.50. The second-order valence-corrected chi connectivity index (χ2v) is 5.98. The van der Waals surface area contributed by atoms with E-state index in [4.69, 9.17) is 4.74 Å². The molecule has 0 amide bonds. The van der Waals surface area contributed by atoms with Gasteiger partial charge < -0.3 is 19.9 Å². The van der Waals surface area contributed by atoms with Crippen LogP contribution < -0.4 is 10.1 Å². The number of ether oxygens (including phenoxy) is 1. The molecule has 1 aromatic carbocycles. The molecular weight excluding hydrogens is 262 g/mol. The van der Waals surface area contributed by atoms with Crippen molar-refractivity contribution < 1.29 is 4.74 Å². The molecule has 0 fully saturated rings. The summed E-state index contributed by atoms with van der Waals surface area (Å²) >= 11 is 0. The van der Waals surface area contributed by atoms with Gasteiger partial charge >= 0.3 is 0 Å². The number of hydrogen-bond acceptors (Lipinski definition) is 4. The molecule has 1 aromatic rings. The van der Waals surface area contributed by atoms with Gasteiger partial charge in [0.15, 0.2) is 0 Å². The predicted molar refractivity (Wildman–Crippen MR) is 90.0 cm³/mol. The minimum absolute atomic E-state index is 0.355. The van der Waals surface area contributed by atoms with Crippen LogP contribution in [0.15, 0.2) is 18.2 Å². The quantitative estimate of drug-likeness (QED) is 0.756. The third-order valence-electron chi connectivity index (χ3n) is 3.82. The molecule has 0 saturated carbocycles. The minimum Gasteiger partial charge on any atom is -0.496 e. The second-order valence-electron chi connectivity index (χ2n) is 5.98. The minimum atomic E-state index is 0.355. The van der Waals surface area contributed by atoms with Crippen molar-refractivity contribution in [1.82, 2.24) is 15.1 Å². The Balaban J connectivity index is 2.70. The van der Waals surface area contributed by atoms with Gasteiger partial charge in [-0.25, -0.2) is 0 Å². The van der Waals surface area contributed by atoms with Crippen molar-refractivity contribution in [1.29, 1.82) is 0 Å². The summed E-state index contributed by atoms with van der Waals surface area (Å²) in [6.07, 6.45) is 1.18. The number of nitrogens with zero attached hydrogens (tertiary/aromatic N) is 2. The molecule has 4 nitrogen and oxygen atoms in total. The van der Waals surface area contributed by atoms with Gasteiger partial charge in [0.25, 0.3) is 0 Å². The van der Waals surface area contributed by atoms with Crippen LogP contribution in [-0.2, 0) is 6.54 Å². The Kier molecular flexibility index (Phi) is 7.72. The van der Waals surface area contributed by atoms with Crippen LogP contribution in [0, 0.1) is 0 Å². The summed E-state index contributed by atoms with van der Waals surface area (Å²) in [4.78, 5) is 4.58. The Morgan fingerprint density at radius 3 is 2.48 bits per heavy atom. The van der Waals surface area contributed by atoms with Crippen LogP contribution in [0.2, 0.25) is 0 Å². The maximum Gasteiger partial charge on any atom is 0.123 e. The van der Waals surface area contributed by atoms with Crippen molar-refractivity contribution in [2.45, 2.75) is 25.9 Å². The van der Waals surface area contributed by atoms with E-state index in [0.717, 1.165) is 25.4 Å².